The second-order valence-electron chi connectivity index (χ2n) is 8.41. The number of esters is 1. The number of aryl methyl sites for hydroxylation is 2. The summed E-state index contributed by atoms with van der Waals surface area (Å²) in [5.74, 6) is -0.459. The third-order valence-corrected chi connectivity index (χ3v) is 6.79. The zero-order valence-corrected chi connectivity index (χ0v) is 20.7. The minimum absolute atomic E-state index is 0.0828. The van der Waals surface area contributed by atoms with Gasteiger partial charge in [0.05, 0.1) is 30.3 Å². The topological polar surface area (TPSA) is 71.0 Å². The molecule has 2 aromatic rings. The van der Waals surface area contributed by atoms with E-state index in [9.17, 15) is 9.59 Å². The van der Waals surface area contributed by atoms with Gasteiger partial charge in [-0.05, 0) is 49.8 Å². The molecule has 0 radical (unpaired) electrons. The number of carbonyl (C=O) groups is 2. The second kappa shape index (κ2) is 10.3. The fourth-order valence-electron chi connectivity index (χ4n) is 4.21. The average molecular weight is 476 g/mol. The maximum absolute atomic E-state index is 13.1. The summed E-state index contributed by atoms with van der Waals surface area (Å²) in [4.78, 5) is 32.7. The lowest BCUT2D eigenvalue weighted by Crippen LogP contribution is -2.38. The summed E-state index contributed by atoms with van der Waals surface area (Å²) in [5.41, 5.74) is 6.19. The third kappa shape index (κ3) is 4.94. The number of nitrogens with zero attached hydrogens (tertiary/aromatic N) is 2. The van der Waals surface area contributed by atoms with Crippen LogP contribution < -0.4 is 5.32 Å². The summed E-state index contributed by atoms with van der Waals surface area (Å²) in [5, 5.41) is 5.73. The molecule has 34 heavy (non-hydrogen) atoms. The molecule has 2 aromatic carbocycles. The molecule has 6 nitrogen and oxygen atoms in total. The van der Waals surface area contributed by atoms with Crippen LogP contribution in [0.25, 0.3) is 0 Å². The van der Waals surface area contributed by atoms with Crippen molar-refractivity contribution in [3.63, 3.8) is 0 Å². The van der Waals surface area contributed by atoms with Crippen LogP contribution >= 0.6 is 11.8 Å². The number of allylic oxidation sites excluding steroid dienone is 1. The molecule has 2 heterocycles. The molecule has 1 N–H and O–H groups in total. The van der Waals surface area contributed by atoms with Crippen LogP contribution in [0.1, 0.15) is 48.6 Å². The lowest BCUT2D eigenvalue weighted by atomic mass is 9.90. The smallest absolute Gasteiger partial charge is 0.338 e. The Balaban J connectivity index is 1.65. The zero-order valence-electron chi connectivity index (χ0n) is 19.9. The number of nitrogens with one attached hydrogen (secondary N) is 1. The molecular weight excluding hydrogens is 446 g/mol. The largest absolute Gasteiger partial charge is 0.463 e. The van der Waals surface area contributed by atoms with Crippen LogP contribution in [0.15, 0.2) is 75.9 Å². The number of ether oxygens (including phenoxy) is 1. The molecule has 1 unspecified atom stereocenters. The van der Waals surface area contributed by atoms with Gasteiger partial charge in [0.1, 0.15) is 0 Å². The highest BCUT2D eigenvalue weighted by atomic mass is 32.2. The number of hydrogen-bond acceptors (Lipinski definition) is 6. The number of carbonyl (C=O) groups excluding carboxylic acids is 2. The molecule has 2 aliphatic heterocycles. The van der Waals surface area contributed by atoms with Crippen molar-refractivity contribution in [1.82, 2.24) is 10.2 Å². The fourth-order valence-corrected chi connectivity index (χ4v) is 5.18. The van der Waals surface area contributed by atoms with Crippen molar-refractivity contribution in [2.24, 2.45) is 4.99 Å². The lowest BCUT2D eigenvalue weighted by molar-refractivity contribution is -0.139. The van der Waals surface area contributed by atoms with Crippen molar-refractivity contribution in [3.8, 4) is 0 Å². The maximum atomic E-state index is 13.1. The number of aliphatic imine (C=N–C) groups is 1. The van der Waals surface area contributed by atoms with E-state index < -0.39 is 6.04 Å². The normalized spacial score (nSPS) is 17.2. The number of amidine groups is 1. The van der Waals surface area contributed by atoms with E-state index in [4.69, 9.17) is 9.73 Å². The predicted octanol–water partition coefficient (Wildman–Crippen LogP) is 5.15. The van der Waals surface area contributed by atoms with Gasteiger partial charge in [-0.15, -0.1) is 0 Å². The Labute approximate surface area is 204 Å². The van der Waals surface area contributed by atoms with Gasteiger partial charge in [-0.25, -0.2) is 9.79 Å². The van der Waals surface area contributed by atoms with E-state index in [1.165, 1.54) is 11.8 Å². The van der Waals surface area contributed by atoms with Gasteiger partial charge in [0.25, 0.3) is 0 Å². The Morgan fingerprint density at radius 2 is 1.88 bits per heavy atom. The van der Waals surface area contributed by atoms with E-state index in [1.54, 1.807) is 6.92 Å². The molecule has 1 atom stereocenters. The summed E-state index contributed by atoms with van der Waals surface area (Å²) in [6, 6.07) is 15.6. The number of rotatable bonds is 7. The Morgan fingerprint density at radius 3 is 2.62 bits per heavy atom. The molecule has 0 saturated carbocycles. The monoisotopic (exact) mass is 475 g/mol. The second-order valence-corrected chi connectivity index (χ2v) is 9.25. The predicted molar refractivity (Wildman–Crippen MR) is 136 cm³/mol. The standard InChI is InChI=1S/C27H29N3O3S/c1-5-33-26(32)24-19(4)29-27-30(25(24)22-13-17(2)11-12-18(22)3)21(16-34-27)14-23(31)28-15-20-9-7-6-8-10-20/h6-13,16,25H,5,14-15H2,1-4H3,(H,28,31). The van der Waals surface area contributed by atoms with Gasteiger partial charge in [-0.3, -0.25) is 4.79 Å². The van der Waals surface area contributed by atoms with E-state index in [0.717, 1.165) is 33.1 Å². The number of amides is 1. The number of thioether (sulfide) groups is 1. The minimum Gasteiger partial charge on any atom is -0.463 e. The van der Waals surface area contributed by atoms with Gasteiger partial charge in [0.2, 0.25) is 5.91 Å². The van der Waals surface area contributed by atoms with Crippen molar-refractivity contribution in [1.29, 1.82) is 0 Å². The maximum Gasteiger partial charge on any atom is 0.338 e. The van der Waals surface area contributed by atoms with Gasteiger partial charge in [-0.1, -0.05) is 65.9 Å². The highest BCUT2D eigenvalue weighted by Gasteiger charge is 2.41. The van der Waals surface area contributed by atoms with Crippen molar-refractivity contribution < 1.29 is 14.3 Å². The molecule has 0 saturated heterocycles. The van der Waals surface area contributed by atoms with Crippen LogP contribution in [0.2, 0.25) is 0 Å². The summed E-state index contributed by atoms with van der Waals surface area (Å²) in [6.45, 7) is 8.47. The van der Waals surface area contributed by atoms with Crippen LogP contribution in [-0.2, 0) is 20.9 Å². The molecule has 4 rings (SSSR count). The molecule has 0 aromatic heterocycles. The van der Waals surface area contributed by atoms with E-state index in [2.05, 4.69) is 23.5 Å². The van der Waals surface area contributed by atoms with Gasteiger partial charge < -0.3 is 15.0 Å². The van der Waals surface area contributed by atoms with Gasteiger partial charge in [0, 0.05) is 12.2 Å². The number of fused-ring (bicyclic) bond motifs is 1. The molecule has 176 valence electrons. The first-order valence-corrected chi connectivity index (χ1v) is 12.3. The van der Waals surface area contributed by atoms with Crippen LogP contribution in [0.5, 0.6) is 0 Å². The molecular formula is C27H29N3O3S. The molecule has 0 fully saturated rings. The van der Waals surface area contributed by atoms with Crippen LogP contribution in [-0.4, -0.2) is 28.6 Å². The first-order chi connectivity index (χ1) is 16.4. The van der Waals surface area contributed by atoms with Gasteiger partial charge in [0.15, 0.2) is 5.17 Å². The van der Waals surface area contributed by atoms with E-state index in [-0.39, 0.29) is 24.9 Å². The van der Waals surface area contributed by atoms with E-state index in [0.29, 0.717) is 17.8 Å². The highest BCUT2D eigenvalue weighted by Crippen LogP contribution is 2.45. The average Bonchev–Trinajstić information content (AvgIpc) is 3.21. The lowest BCUT2D eigenvalue weighted by Gasteiger charge is -2.37. The van der Waals surface area contributed by atoms with Crippen LogP contribution in [0.4, 0.5) is 0 Å². The van der Waals surface area contributed by atoms with Gasteiger partial charge in [-0.2, -0.15) is 0 Å². The minimum atomic E-state index is -0.408. The fraction of sp³-hybridized carbons (Fsp3) is 0.296. The van der Waals surface area contributed by atoms with Crippen molar-refractivity contribution >= 4 is 28.8 Å². The van der Waals surface area contributed by atoms with Crippen molar-refractivity contribution in [3.05, 3.63) is 93.2 Å². The summed E-state index contributed by atoms with van der Waals surface area (Å²) < 4.78 is 5.43. The van der Waals surface area contributed by atoms with Crippen molar-refractivity contribution in [2.45, 2.75) is 46.7 Å². The Hall–Kier alpha value is -3.32. The van der Waals surface area contributed by atoms with Gasteiger partial charge >= 0.3 is 5.97 Å². The summed E-state index contributed by atoms with van der Waals surface area (Å²) >= 11 is 1.48. The first-order valence-electron chi connectivity index (χ1n) is 11.4. The molecule has 7 heteroatoms. The van der Waals surface area contributed by atoms with E-state index in [1.807, 2.05) is 61.4 Å². The molecule has 1 amide bonds. The molecule has 2 aliphatic rings. The Bertz CT molecular complexity index is 1200. The van der Waals surface area contributed by atoms with Crippen LogP contribution in [0.3, 0.4) is 0 Å². The first kappa shape index (κ1) is 23.8. The molecule has 0 bridgehead atoms. The zero-order chi connectivity index (χ0) is 24.2. The third-order valence-electron chi connectivity index (χ3n) is 5.90. The molecule has 0 aliphatic carbocycles. The summed E-state index contributed by atoms with van der Waals surface area (Å²) in [7, 11) is 0. The van der Waals surface area contributed by atoms with Crippen LogP contribution in [0, 0.1) is 13.8 Å². The Kier molecular flexibility index (Phi) is 7.22. The van der Waals surface area contributed by atoms with E-state index >= 15 is 0 Å². The number of hydrogen-bond donors (Lipinski definition) is 1. The van der Waals surface area contributed by atoms with Crippen molar-refractivity contribution in [2.75, 3.05) is 6.61 Å². The summed E-state index contributed by atoms with van der Waals surface area (Å²) in [6.07, 6.45) is 0.190. The SMILES string of the molecule is CCOC(=O)C1=C(C)N=C2SC=C(CC(=O)NCc3ccccc3)N2C1c1cc(C)ccc1C. The highest BCUT2D eigenvalue weighted by molar-refractivity contribution is 8.16. The number of benzene rings is 2. The quantitative estimate of drug-likeness (QED) is 0.561. The Morgan fingerprint density at radius 1 is 1.12 bits per heavy atom. The molecule has 0 spiro atoms.